The Morgan fingerprint density at radius 3 is 2.48 bits per heavy atom. The van der Waals surface area contributed by atoms with Crippen LogP contribution in [-0.2, 0) is 4.79 Å². The van der Waals surface area contributed by atoms with Crippen LogP contribution in [-0.4, -0.2) is 30.4 Å². The van der Waals surface area contributed by atoms with E-state index in [0.717, 1.165) is 38.1 Å². The molecule has 0 unspecified atom stereocenters. The smallest absolute Gasteiger partial charge is 0.279 e. The predicted molar refractivity (Wildman–Crippen MR) is 119 cm³/mol. The zero-order valence-electron chi connectivity index (χ0n) is 16.0. The Hall–Kier alpha value is -3.51. The molecule has 5 rings (SSSR count). The van der Waals surface area contributed by atoms with Crippen LogP contribution in [0.3, 0.4) is 0 Å². The monoisotopic (exact) mass is 398 g/mol. The zero-order chi connectivity index (χ0) is 20.0. The van der Waals surface area contributed by atoms with Gasteiger partial charge in [-0.3, -0.25) is 9.79 Å². The van der Waals surface area contributed by atoms with Gasteiger partial charge in [0.15, 0.2) is 5.71 Å². The van der Waals surface area contributed by atoms with Crippen LogP contribution in [0.15, 0.2) is 82.2 Å². The Morgan fingerprint density at radius 1 is 0.897 bits per heavy atom. The number of carbonyl (C=O) groups excluding carboxylic acids is 1. The Bertz CT molecular complexity index is 1360. The number of hydrogen-bond donors (Lipinski definition) is 0. The molecule has 2 heterocycles. The Morgan fingerprint density at radius 2 is 1.62 bits per heavy atom. The highest BCUT2D eigenvalue weighted by Gasteiger charge is 2.31. The van der Waals surface area contributed by atoms with Crippen molar-refractivity contribution in [2.75, 3.05) is 19.0 Å². The molecule has 1 aliphatic rings. The lowest BCUT2D eigenvalue weighted by Crippen LogP contribution is -2.27. The number of rotatable bonds is 2. The number of fused-ring (bicyclic) bond motifs is 2. The zero-order valence-corrected chi connectivity index (χ0v) is 16.9. The highest BCUT2D eigenvalue weighted by atomic mass is 32.1. The molecule has 0 spiro atoms. The SMILES string of the molecule is CN=c1scc(-c2cccc3ccccc23)n1N=C1C(=O)N(C)c2ccccc21. The number of carbonyl (C=O) groups is 1. The van der Waals surface area contributed by atoms with Gasteiger partial charge in [-0.15, -0.1) is 11.3 Å². The quantitative estimate of drug-likeness (QED) is 0.501. The molecule has 0 bridgehead atoms. The second kappa shape index (κ2) is 6.83. The normalized spacial score (nSPS) is 15.5. The van der Waals surface area contributed by atoms with Gasteiger partial charge in [0.05, 0.1) is 11.4 Å². The number of nitrogens with zero attached hydrogens (tertiary/aromatic N) is 4. The first-order valence-electron chi connectivity index (χ1n) is 9.27. The fraction of sp³-hybridized carbons (Fsp3) is 0.0870. The van der Waals surface area contributed by atoms with Crippen LogP contribution in [0.25, 0.3) is 22.0 Å². The maximum Gasteiger partial charge on any atom is 0.279 e. The maximum atomic E-state index is 12.9. The number of thiazole rings is 1. The van der Waals surface area contributed by atoms with Gasteiger partial charge in [-0.05, 0) is 16.8 Å². The lowest BCUT2D eigenvalue weighted by atomic mass is 10.0. The van der Waals surface area contributed by atoms with Gasteiger partial charge in [0, 0.05) is 30.6 Å². The van der Waals surface area contributed by atoms with E-state index in [9.17, 15) is 4.79 Å². The molecule has 0 radical (unpaired) electrons. The molecule has 5 nitrogen and oxygen atoms in total. The molecule has 0 fully saturated rings. The molecule has 0 saturated heterocycles. The third kappa shape index (κ3) is 2.72. The van der Waals surface area contributed by atoms with E-state index >= 15 is 0 Å². The van der Waals surface area contributed by atoms with Crippen molar-refractivity contribution < 1.29 is 4.79 Å². The summed E-state index contributed by atoms with van der Waals surface area (Å²) in [6, 6.07) is 22.2. The summed E-state index contributed by atoms with van der Waals surface area (Å²) >= 11 is 1.51. The Balaban J connectivity index is 1.77. The number of amides is 1. The number of para-hydroxylation sites is 1. The molecule has 0 N–H and O–H groups in total. The third-order valence-corrected chi connectivity index (χ3v) is 6.08. The fourth-order valence-electron chi connectivity index (χ4n) is 3.73. The molecule has 4 aromatic rings. The summed E-state index contributed by atoms with van der Waals surface area (Å²) in [5, 5.41) is 9.15. The minimum absolute atomic E-state index is 0.115. The van der Waals surface area contributed by atoms with Crippen molar-refractivity contribution in [3.05, 3.63) is 82.5 Å². The van der Waals surface area contributed by atoms with Crippen LogP contribution >= 0.6 is 11.3 Å². The van der Waals surface area contributed by atoms with Crippen LogP contribution in [0.2, 0.25) is 0 Å². The van der Waals surface area contributed by atoms with Gasteiger partial charge in [-0.25, -0.2) is 4.68 Å². The van der Waals surface area contributed by atoms with E-state index in [0.29, 0.717) is 5.71 Å². The summed E-state index contributed by atoms with van der Waals surface area (Å²) in [5.41, 5.74) is 4.11. The molecule has 3 aromatic carbocycles. The molecule has 0 atom stereocenters. The fourth-order valence-corrected chi connectivity index (χ4v) is 4.52. The van der Waals surface area contributed by atoms with Crippen LogP contribution in [0.1, 0.15) is 5.56 Å². The maximum absolute atomic E-state index is 12.9. The van der Waals surface area contributed by atoms with Gasteiger partial charge in [0.25, 0.3) is 5.91 Å². The van der Waals surface area contributed by atoms with Crippen molar-refractivity contribution in [2.45, 2.75) is 0 Å². The van der Waals surface area contributed by atoms with Crippen LogP contribution < -0.4 is 9.70 Å². The van der Waals surface area contributed by atoms with Crippen molar-refractivity contribution in [1.29, 1.82) is 0 Å². The molecule has 142 valence electrons. The van der Waals surface area contributed by atoms with Crippen LogP contribution in [0, 0.1) is 0 Å². The number of anilines is 1. The predicted octanol–water partition coefficient (Wildman–Crippen LogP) is 4.13. The summed E-state index contributed by atoms with van der Waals surface area (Å²) in [4.78, 5) is 19.7. The molecule has 29 heavy (non-hydrogen) atoms. The van der Waals surface area contributed by atoms with Gasteiger partial charge in [-0.1, -0.05) is 60.7 Å². The van der Waals surface area contributed by atoms with Crippen LogP contribution in [0.5, 0.6) is 0 Å². The van der Waals surface area contributed by atoms with E-state index in [1.807, 2.05) is 47.8 Å². The highest BCUT2D eigenvalue weighted by Crippen LogP contribution is 2.31. The first kappa shape index (κ1) is 17.6. The summed E-state index contributed by atoms with van der Waals surface area (Å²) in [5.74, 6) is -0.115. The number of benzene rings is 3. The van der Waals surface area contributed by atoms with E-state index in [1.165, 1.54) is 11.3 Å². The highest BCUT2D eigenvalue weighted by molar-refractivity contribution is 7.07. The van der Waals surface area contributed by atoms with Gasteiger partial charge >= 0.3 is 0 Å². The molecular weight excluding hydrogens is 380 g/mol. The molecule has 1 amide bonds. The van der Waals surface area contributed by atoms with Gasteiger partial charge in [0.1, 0.15) is 0 Å². The lowest BCUT2D eigenvalue weighted by molar-refractivity contribution is -0.112. The summed E-state index contributed by atoms with van der Waals surface area (Å²) in [6.45, 7) is 0. The second-order valence-corrected chi connectivity index (χ2v) is 7.63. The average molecular weight is 398 g/mol. The molecule has 6 heteroatoms. The Kier molecular flexibility index (Phi) is 4.14. The van der Waals surface area contributed by atoms with Crippen molar-refractivity contribution in [2.24, 2.45) is 10.1 Å². The average Bonchev–Trinajstić information content (AvgIpc) is 3.28. The minimum atomic E-state index is -0.115. The Labute approximate surface area is 171 Å². The molecule has 0 saturated carbocycles. The number of aromatic nitrogens is 1. The standard InChI is InChI=1S/C23H18N4OS/c1-24-23-27(25-21-18-11-5-6-13-19(18)26(2)22(21)28)20(14-29-23)17-12-7-9-15-8-3-4-10-16(15)17/h3-14H,1-2H3. The van der Waals surface area contributed by atoms with E-state index in [4.69, 9.17) is 5.10 Å². The van der Waals surface area contributed by atoms with Crippen molar-refractivity contribution in [3.63, 3.8) is 0 Å². The van der Waals surface area contributed by atoms with Gasteiger partial charge < -0.3 is 4.90 Å². The first-order valence-corrected chi connectivity index (χ1v) is 10.1. The van der Waals surface area contributed by atoms with E-state index < -0.39 is 0 Å². The molecule has 1 aliphatic heterocycles. The first-order chi connectivity index (χ1) is 14.2. The van der Waals surface area contributed by atoms with Crippen molar-refractivity contribution in [3.8, 4) is 11.3 Å². The second-order valence-electron chi connectivity index (χ2n) is 6.80. The number of likely N-dealkylation sites (N-methyl/N-ethyl adjacent to an activating group) is 1. The van der Waals surface area contributed by atoms with Crippen LogP contribution in [0.4, 0.5) is 5.69 Å². The topological polar surface area (TPSA) is 50.0 Å². The minimum Gasteiger partial charge on any atom is -0.309 e. The van der Waals surface area contributed by atoms with E-state index in [1.54, 1.807) is 23.7 Å². The molecule has 1 aromatic heterocycles. The number of hydrogen-bond acceptors (Lipinski definition) is 4. The molecular formula is C23H18N4OS. The summed E-state index contributed by atoms with van der Waals surface area (Å²) in [7, 11) is 3.52. The summed E-state index contributed by atoms with van der Waals surface area (Å²) in [6.07, 6.45) is 0. The van der Waals surface area contributed by atoms with Crippen molar-refractivity contribution >= 4 is 39.4 Å². The third-order valence-electron chi connectivity index (χ3n) is 5.17. The van der Waals surface area contributed by atoms with E-state index in [-0.39, 0.29) is 5.91 Å². The van der Waals surface area contributed by atoms with E-state index in [2.05, 4.69) is 29.3 Å². The van der Waals surface area contributed by atoms with Crippen molar-refractivity contribution in [1.82, 2.24) is 4.68 Å². The lowest BCUT2D eigenvalue weighted by Gasteiger charge is -2.09. The van der Waals surface area contributed by atoms with Gasteiger partial charge in [0.2, 0.25) is 4.80 Å². The largest absolute Gasteiger partial charge is 0.309 e. The molecule has 0 aliphatic carbocycles. The summed E-state index contributed by atoms with van der Waals surface area (Å²) < 4.78 is 1.79. The van der Waals surface area contributed by atoms with Gasteiger partial charge in [-0.2, -0.15) is 5.10 Å².